The lowest BCUT2D eigenvalue weighted by Crippen LogP contribution is -2.12. The predicted octanol–water partition coefficient (Wildman–Crippen LogP) is 3.41. The Hall–Kier alpha value is -0.300. The van der Waals surface area contributed by atoms with Crippen LogP contribution in [0.25, 0.3) is 0 Å². The fourth-order valence-corrected chi connectivity index (χ4v) is 2.20. The summed E-state index contributed by atoms with van der Waals surface area (Å²) in [6, 6.07) is 0. The quantitative estimate of drug-likeness (QED) is 0.605. The molecule has 0 aromatic carbocycles. The smallest absolute Gasteiger partial charge is 0.0681 e. The van der Waals surface area contributed by atoms with Crippen LogP contribution in [-0.4, -0.2) is 13.2 Å². The monoisotopic (exact) mass is 182 g/mol. The van der Waals surface area contributed by atoms with Crippen molar-refractivity contribution in [3.8, 4) is 0 Å². The summed E-state index contributed by atoms with van der Waals surface area (Å²) in [4.78, 5) is 0. The summed E-state index contributed by atoms with van der Waals surface area (Å²) in [6.07, 6.45) is 2.62. The molecule has 1 aliphatic carbocycles. The number of rotatable bonds is 4. The fourth-order valence-electron chi connectivity index (χ4n) is 2.20. The van der Waals surface area contributed by atoms with E-state index in [2.05, 4.69) is 27.7 Å². The number of hydrogen-bond donors (Lipinski definition) is 0. The molecule has 1 unspecified atom stereocenters. The SMILES string of the molecule is CCOCC1=C(C)CCC1C(C)C. The summed E-state index contributed by atoms with van der Waals surface area (Å²) in [7, 11) is 0. The van der Waals surface area contributed by atoms with Gasteiger partial charge >= 0.3 is 0 Å². The molecule has 0 fully saturated rings. The molecule has 0 saturated carbocycles. The lowest BCUT2D eigenvalue weighted by molar-refractivity contribution is 0.160. The Balaban J connectivity index is 2.59. The molecule has 0 aromatic rings. The molecule has 0 radical (unpaired) electrons. The van der Waals surface area contributed by atoms with E-state index >= 15 is 0 Å². The predicted molar refractivity (Wildman–Crippen MR) is 56.8 cm³/mol. The zero-order valence-electron chi connectivity index (χ0n) is 9.39. The second kappa shape index (κ2) is 4.80. The van der Waals surface area contributed by atoms with Gasteiger partial charge in [-0.3, -0.25) is 0 Å². The Morgan fingerprint density at radius 1 is 1.46 bits per heavy atom. The van der Waals surface area contributed by atoms with E-state index in [-0.39, 0.29) is 0 Å². The third-order valence-electron chi connectivity index (χ3n) is 3.09. The summed E-state index contributed by atoms with van der Waals surface area (Å²) in [5.41, 5.74) is 3.16. The maximum Gasteiger partial charge on any atom is 0.0681 e. The Bertz CT molecular complexity index is 191. The first kappa shape index (κ1) is 10.8. The van der Waals surface area contributed by atoms with Gasteiger partial charge in [0.2, 0.25) is 0 Å². The zero-order valence-corrected chi connectivity index (χ0v) is 9.39. The third kappa shape index (κ3) is 2.57. The molecule has 0 bridgehead atoms. The van der Waals surface area contributed by atoms with Crippen LogP contribution in [0.4, 0.5) is 0 Å². The second-order valence-corrected chi connectivity index (χ2v) is 4.33. The Labute approximate surface area is 82.2 Å². The van der Waals surface area contributed by atoms with E-state index in [1.54, 1.807) is 11.1 Å². The van der Waals surface area contributed by atoms with Gasteiger partial charge in [-0.05, 0) is 44.1 Å². The van der Waals surface area contributed by atoms with Gasteiger partial charge in [0.25, 0.3) is 0 Å². The minimum atomic E-state index is 0.771. The summed E-state index contributed by atoms with van der Waals surface area (Å²) in [6.45, 7) is 10.7. The van der Waals surface area contributed by atoms with Gasteiger partial charge in [-0.15, -0.1) is 0 Å². The van der Waals surface area contributed by atoms with E-state index in [9.17, 15) is 0 Å². The molecule has 76 valence electrons. The van der Waals surface area contributed by atoms with Crippen molar-refractivity contribution in [2.24, 2.45) is 11.8 Å². The number of allylic oxidation sites excluding steroid dienone is 1. The van der Waals surface area contributed by atoms with E-state index in [1.807, 2.05) is 0 Å². The van der Waals surface area contributed by atoms with Crippen molar-refractivity contribution < 1.29 is 4.74 Å². The average Bonchev–Trinajstić information content (AvgIpc) is 2.43. The highest BCUT2D eigenvalue weighted by atomic mass is 16.5. The minimum absolute atomic E-state index is 0.771. The third-order valence-corrected chi connectivity index (χ3v) is 3.09. The molecule has 0 saturated heterocycles. The molecule has 0 spiro atoms. The van der Waals surface area contributed by atoms with Crippen molar-refractivity contribution >= 4 is 0 Å². The summed E-state index contributed by atoms with van der Waals surface area (Å²) in [5, 5.41) is 0. The molecule has 0 heterocycles. The molecule has 1 rings (SSSR count). The van der Waals surface area contributed by atoms with Gasteiger partial charge in [-0.1, -0.05) is 19.4 Å². The number of hydrogen-bond acceptors (Lipinski definition) is 1. The summed E-state index contributed by atoms with van der Waals surface area (Å²) in [5.74, 6) is 1.56. The highest BCUT2D eigenvalue weighted by Gasteiger charge is 2.25. The molecular weight excluding hydrogens is 160 g/mol. The van der Waals surface area contributed by atoms with Gasteiger partial charge in [-0.2, -0.15) is 0 Å². The van der Waals surface area contributed by atoms with E-state index in [1.165, 1.54) is 12.8 Å². The molecular formula is C12H22O. The Morgan fingerprint density at radius 3 is 2.69 bits per heavy atom. The van der Waals surface area contributed by atoms with Crippen LogP contribution in [0.15, 0.2) is 11.1 Å². The van der Waals surface area contributed by atoms with Gasteiger partial charge in [0.05, 0.1) is 6.61 Å². The summed E-state index contributed by atoms with van der Waals surface area (Å²) < 4.78 is 5.51. The van der Waals surface area contributed by atoms with Gasteiger partial charge in [0.15, 0.2) is 0 Å². The molecule has 0 aliphatic heterocycles. The molecule has 0 amide bonds. The maximum absolute atomic E-state index is 5.51. The van der Waals surface area contributed by atoms with Crippen molar-refractivity contribution in [2.45, 2.75) is 40.5 Å². The summed E-state index contributed by atoms with van der Waals surface area (Å²) >= 11 is 0. The molecule has 1 heteroatoms. The van der Waals surface area contributed by atoms with Gasteiger partial charge < -0.3 is 4.74 Å². The average molecular weight is 182 g/mol. The van der Waals surface area contributed by atoms with Crippen LogP contribution < -0.4 is 0 Å². The highest BCUT2D eigenvalue weighted by molar-refractivity contribution is 5.22. The topological polar surface area (TPSA) is 9.23 Å². The fraction of sp³-hybridized carbons (Fsp3) is 0.833. The highest BCUT2D eigenvalue weighted by Crippen LogP contribution is 2.36. The lowest BCUT2D eigenvalue weighted by Gasteiger charge is -2.19. The first-order valence-electron chi connectivity index (χ1n) is 5.43. The van der Waals surface area contributed by atoms with Crippen molar-refractivity contribution in [1.82, 2.24) is 0 Å². The molecule has 0 aromatic heterocycles. The van der Waals surface area contributed by atoms with Crippen molar-refractivity contribution in [2.75, 3.05) is 13.2 Å². The first-order valence-corrected chi connectivity index (χ1v) is 5.43. The molecule has 13 heavy (non-hydrogen) atoms. The van der Waals surface area contributed by atoms with E-state index in [0.717, 1.165) is 25.0 Å². The van der Waals surface area contributed by atoms with Gasteiger partial charge in [0, 0.05) is 6.61 Å². The van der Waals surface area contributed by atoms with E-state index in [0.29, 0.717) is 0 Å². The van der Waals surface area contributed by atoms with Crippen molar-refractivity contribution in [1.29, 1.82) is 0 Å². The van der Waals surface area contributed by atoms with Gasteiger partial charge in [0.1, 0.15) is 0 Å². The van der Waals surface area contributed by atoms with Crippen molar-refractivity contribution in [3.63, 3.8) is 0 Å². The largest absolute Gasteiger partial charge is 0.377 e. The van der Waals surface area contributed by atoms with Crippen LogP contribution in [0.1, 0.15) is 40.5 Å². The van der Waals surface area contributed by atoms with Crippen LogP contribution in [-0.2, 0) is 4.74 Å². The Kier molecular flexibility index (Phi) is 3.98. The van der Waals surface area contributed by atoms with Gasteiger partial charge in [-0.25, -0.2) is 0 Å². The lowest BCUT2D eigenvalue weighted by atomic mass is 9.89. The molecule has 1 aliphatic rings. The molecule has 0 N–H and O–H groups in total. The first-order chi connectivity index (χ1) is 6.16. The zero-order chi connectivity index (χ0) is 9.84. The maximum atomic E-state index is 5.51. The van der Waals surface area contributed by atoms with E-state index in [4.69, 9.17) is 4.74 Å². The van der Waals surface area contributed by atoms with Crippen molar-refractivity contribution in [3.05, 3.63) is 11.1 Å². The van der Waals surface area contributed by atoms with Crippen LogP contribution >= 0.6 is 0 Å². The molecule has 1 nitrogen and oxygen atoms in total. The minimum Gasteiger partial charge on any atom is -0.377 e. The molecule has 1 atom stereocenters. The van der Waals surface area contributed by atoms with Crippen LogP contribution in [0.2, 0.25) is 0 Å². The Morgan fingerprint density at radius 2 is 2.15 bits per heavy atom. The van der Waals surface area contributed by atoms with E-state index < -0.39 is 0 Å². The van der Waals surface area contributed by atoms with Crippen LogP contribution in [0.3, 0.4) is 0 Å². The normalized spacial score (nSPS) is 23.3. The second-order valence-electron chi connectivity index (χ2n) is 4.33. The van der Waals surface area contributed by atoms with Crippen LogP contribution in [0.5, 0.6) is 0 Å². The number of ether oxygens (including phenoxy) is 1. The standard InChI is InChI=1S/C12H22O/c1-5-13-8-12-10(4)6-7-11(12)9(2)3/h9,11H,5-8H2,1-4H3. The van der Waals surface area contributed by atoms with Crippen LogP contribution in [0, 0.1) is 11.8 Å².